The fourth-order valence-corrected chi connectivity index (χ4v) is 4.55. The van der Waals surface area contributed by atoms with Gasteiger partial charge in [-0.15, -0.1) is 0 Å². The summed E-state index contributed by atoms with van der Waals surface area (Å²) in [6.07, 6.45) is 1.02. The summed E-state index contributed by atoms with van der Waals surface area (Å²) in [4.78, 5) is 37.8. The van der Waals surface area contributed by atoms with E-state index in [0.717, 1.165) is 5.75 Å². The Balaban J connectivity index is 1.52. The molecule has 5 heteroatoms. The molecule has 2 bridgehead atoms. The Morgan fingerprint density at radius 1 is 1.00 bits per heavy atom. The number of hydrogen-bond acceptors (Lipinski definition) is 4. The highest BCUT2D eigenvalue weighted by Gasteiger charge is 2.72. The van der Waals surface area contributed by atoms with Gasteiger partial charge in [-0.25, -0.2) is 0 Å². The van der Waals surface area contributed by atoms with Crippen molar-refractivity contribution >= 4 is 23.2 Å². The van der Waals surface area contributed by atoms with E-state index >= 15 is 0 Å². The number of fused-ring (bicyclic) bond motifs is 2. The number of Topliss-reactive ketones (excluding diaryl/α,β-unsaturated/α-hetero) is 2. The fourth-order valence-electron chi connectivity index (χ4n) is 4.55. The maximum absolute atomic E-state index is 13.0. The second-order valence-corrected chi connectivity index (χ2v) is 7.81. The number of rotatable bonds is 4. The summed E-state index contributed by atoms with van der Waals surface area (Å²) >= 11 is 0. The van der Waals surface area contributed by atoms with Gasteiger partial charge in [0.1, 0.15) is 16.9 Å². The molecule has 0 aromatic heterocycles. The molecule has 0 spiro atoms. The number of amides is 1. The molecule has 2 aliphatic rings. The van der Waals surface area contributed by atoms with Crippen molar-refractivity contribution in [2.45, 2.75) is 26.7 Å². The van der Waals surface area contributed by atoms with Crippen molar-refractivity contribution < 1.29 is 19.1 Å². The van der Waals surface area contributed by atoms with Crippen molar-refractivity contribution in [3.8, 4) is 11.5 Å². The average molecular weight is 363 g/mol. The molecule has 2 atom stereocenters. The SMILES string of the molecule is CC1(C)C2CCC1(C(=O)Nc1ccc(Oc3ccccc3)cc1)C(=O)C2=O. The van der Waals surface area contributed by atoms with Crippen LogP contribution < -0.4 is 10.1 Å². The number of carbonyl (C=O) groups excluding carboxylic acids is 3. The van der Waals surface area contributed by atoms with Crippen LogP contribution >= 0.6 is 0 Å². The van der Waals surface area contributed by atoms with Gasteiger partial charge >= 0.3 is 0 Å². The molecule has 2 fully saturated rings. The number of nitrogens with one attached hydrogen (secondary N) is 1. The second kappa shape index (κ2) is 6.05. The zero-order valence-electron chi connectivity index (χ0n) is 15.3. The molecule has 2 aliphatic carbocycles. The summed E-state index contributed by atoms with van der Waals surface area (Å²) in [6, 6.07) is 16.4. The highest BCUT2D eigenvalue weighted by atomic mass is 16.5. The molecule has 0 saturated heterocycles. The first kappa shape index (κ1) is 17.5. The van der Waals surface area contributed by atoms with E-state index in [9.17, 15) is 14.4 Å². The molecule has 2 aromatic rings. The number of carbonyl (C=O) groups is 3. The monoisotopic (exact) mass is 363 g/mol. The van der Waals surface area contributed by atoms with Crippen LogP contribution in [0.5, 0.6) is 11.5 Å². The second-order valence-electron chi connectivity index (χ2n) is 7.81. The van der Waals surface area contributed by atoms with E-state index < -0.39 is 22.4 Å². The van der Waals surface area contributed by atoms with Crippen LogP contribution in [0.3, 0.4) is 0 Å². The maximum Gasteiger partial charge on any atom is 0.239 e. The summed E-state index contributed by atoms with van der Waals surface area (Å²) in [6.45, 7) is 3.70. The van der Waals surface area contributed by atoms with E-state index in [1.807, 2.05) is 44.2 Å². The first-order valence-electron chi connectivity index (χ1n) is 9.09. The van der Waals surface area contributed by atoms with Crippen LogP contribution in [0.25, 0.3) is 0 Å². The Morgan fingerprint density at radius 2 is 1.63 bits per heavy atom. The zero-order chi connectivity index (χ0) is 19.2. The Labute approximate surface area is 157 Å². The van der Waals surface area contributed by atoms with E-state index in [2.05, 4.69) is 5.32 Å². The predicted octanol–water partition coefficient (Wildman–Crippen LogP) is 3.99. The third-order valence-corrected chi connectivity index (χ3v) is 6.19. The van der Waals surface area contributed by atoms with Gasteiger partial charge in [0.05, 0.1) is 0 Å². The average Bonchev–Trinajstić information content (AvgIpc) is 3.01. The van der Waals surface area contributed by atoms with E-state index in [1.54, 1.807) is 24.3 Å². The lowest BCUT2D eigenvalue weighted by molar-refractivity contribution is -0.147. The fraction of sp³-hybridized carbons (Fsp3) is 0.318. The normalized spacial score (nSPS) is 25.5. The molecule has 5 nitrogen and oxygen atoms in total. The van der Waals surface area contributed by atoms with Crippen LogP contribution in [0.15, 0.2) is 54.6 Å². The lowest BCUT2D eigenvalue weighted by Gasteiger charge is -2.33. The van der Waals surface area contributed by atoms with Gasteiger partial charge in [-0.05, 0) is 54.7 Å². The topological polar surface area (TPSA) is 72.5 Å². The van der Waals surface area contributed by atoms with Gasteiger partial charge in [-0.1, -0.05) is 32.0 Å². The van der Waals surface area contributed by atoms with Gasteiger partial charge in [0.15, 0.2) is 0 Å². The summed E-state index contributed by atoms with van der Waals surface area (Å²) in [5.74, 6) is -0.300. The van der Waals surface area contributed by atoms with Crippen molar-refractivity contribution in [3.63, 3.8) is 0 Å². The van der Waals surface area contributed by atoms with Crippen molar-refractivity contribution in [1.29, 1.82) is 0 Å². The van der Waals surface area contributed by atoms with Gasteiger partial charge in [0.25, 0.3) is 0 Å². The van der Waals surface area contributed by atoms with Gasteiger partial charge < -0.3 is 10.1 Å². The molecule has 0 radical (unpaired) electrons. The quantitative estimate of drug-likeness (QED) is 0.658. The molecule has 138 valence electrons. The number of hydrogen-bond donors (Lipinski definition) is 1. The van der Waals surface area contributed by atoms with E-state index in [4.69, 9.17) is 4.74 Å². The molecule has 1 amide bonds. The standard InChI is InChI=1S/C22H21NO4/c1-21(2)17-12-13-22(21,19(25)18(17)24)20(26)23-14-8-10-16(11-9-14)27-15-6-4-3-5-7-15/h3-11,17H,12-13H2,1-2H3,(H,23,26). The Morgan fingerprint density at radius 3 is 2.22 bits per heavy atom. The summed E-state index contributed by atoms with van der Waals surface area (Å²) in [5.41, 5.74) is -1.34. The zero-order valence-corrected chi connectivity index (χ0v) is 15.3. The molecule has 0 aliphatic heterocycles. The smallest absolute Gasteiger partial charge is 0.239 e. The van der Waals surface area contributed by atoms with Crippen LogP contribution in [-0.2, 0) is 14.4 Å². The van der Waals surface area contributed by atoms with Gasteiger partial charge in [0.2, 0.25) is 17.5 Å². The minimum absolute atomic E-state index is 0.350. The van der Waals surface area contributed by atoms with Gasteiger partial charge in [-0.3, -0.25) is 14.4 Å². The first-order chi connectivity index (χ1) is 12.9. The highest BCUT2D eigenvalue weighted by molar-refractivity contribution is 6.48. The Kier molecular flexibility index (Phi) is 3.91. The van der Waals surface area contributed by atoms with Crippen LogP contribution in [0, 0.1) is 16.7 Å². The van der Waals surface area contributed by atoms with Gasteiger partial charge in [-0.2, -0.15) is 0 Å². The van der Waals surface area contributed by atoms with E-state index in [0.29, 0.717) is 24.3 Å². The Bertz CT molecular complexity index is 917. The van der Waals surface area contributed by atoms with E-state index in [-0.39, 0.29) is 11.8 Å². The molecule has 27 heavy (non-hydrogen) atoms. The lowest BCUT2D eigenvalue weighted by atomic mass is 9.68. The predicted molar refractivity (Wildman–Crippen MR) is 101 cm³/mol. The third kappa shape index (κ3) is 2.49. The number of anilines is 1. The number of para-hydroxylation sites is 1. The van der Waals surface area contributed by atoms with Crippen LogP contribution in [0.1, 0.15) is 26.7 Å². The lowest BCUT2D eigenvalue weighted by Crippen LogP contribution is -2.47. The van der Waals surface area contributed by atoms with E-state index in [1.165, 1.54) is 0 Å². The minimum Gasteiger partial charge on any atom is -0.457 e. The molecule has 1 N–H and O–H groups in total. The molecule has 2 aromatic carbocycles. The number of benzene rings is 2. The maximum atomic E-state index is 13.0. The molecule has 4 rings (SSSR count). The van der Waals surface area contributed by atoms with Crippen LogP contribution in [-0.4, -0.2) is 17.5 Å². The molecule has 2 saturated carbocycles. The Hall–Kier alpha value is -2.95. The van der Waals surface area contributed by atoms with Crippen molar-refractivity contribution in [2.75, 3.05) is 5.32 Å². The summed E-state index contributed by atoms with van der Waals surface area (Å²) < 4.78 is 5.74. The largest absolute Gasteiger partial charge is 0.457 e. The number of ether oxygens (including phenoxy) is 1. The van der Waals surface area contributed by atoms with Gasteiger partial charge in [0, 0.05) is 11.6 Å². The molecule has 2 unspecified atom stereocenters. The van der Waals surface area contributed by atoms with Crippen molar-refractivity contribution in [2.24, 2.45) is 16.7 Å². The third-order valence-electron chi connectivity index (χ3n) is 6.19. The molecule has 0 heterocycles. The van der Waals surface area contributed by atoms with Crippen molar-refractivity contribution in [3.05, 3.63) is 54.6 Å². The first-order valence-corrected chi connectivity index (χ1v) is 9.09. The van der Waals surface area contributed by atoms with Crippen molar-refractivity contribution in [1.82, 2.24) is 0 Å². The highest BCUT2D eigenvalue weighted by Crippen LogP contribution is 2.62. The summed E-state index contributed by atoms with van der Waals surface area (Å²) in [5, 5.41) is 2.83. The summed E-state index contributed by atoms with van der Waals surface area (Å²) in [7, 11) is 0. The minimum atomic E-state index is -1.26. The molecular formula is C22H21NO4. The number of ketones is 2. The van der Waals surface area contributed by atoms with Crippen LogP contribution in [0.4, 0.5) is 5.69 Å². The van der Waals surface area contributed by atoms with Crippen LogP contribution in [0.2, 0.25) is 0 Å². The molecular weight excluding hydrogens is 342 g/mol.